The van der Waals surface area contributed by atoms with E-state index in [1.54, 1.807) is 0 Å². The maximum absolute atomic E-state index is 3.45. The van der Waals surface area contributed by atoms with Gasteiger partial charge in [-0.05, 0) is 41.3 Å². The summed E-state index contributed by atoms with van der Waals surface area (Å²) in [5.41, 5.74) is 2.67. The van der Waals surface area contributed by atoms with Crippen LogP contribution in [0.5, 0.6) is 0 Å². The summed E-state index contributed by atoms with van der Waals surface area (Å²) < 4.78 is 0. The molecule has 0 aromatic heterocycles. The Hall–Kier alpha value is -1.08. The van der Waals surface area contributed by atoms with Crippen LogP contribution in [-0.2, 0) is 0 Å². The number of hydrogen-bond donors (Lipinski definition) is 0. The normalized spacial score (nSPS) is 12.0. The largest absolute Gasteiger partial charge is 0.0925 e. The molecule has 0 radical (unpaired) electrons. The second kappa shape index (κ2) is 5.31. The fraction of sp³-hybridized carbons (Fsp3) is 0.200. The van der Waals surface area contributed by atoms with Gasteiger partial charge in [0.2, 0.25) is 0 Å². The van der Waals surface area contributed by atoms with E-state index in [2.05, 4.69) is 71.4 Å². The molecule has 1 heteroatoms. The molecule has 0 saturated carbocycles. The van der Waals surface area contributed by atoms with Crippen LogP contribution in [0.3, 0.4) is 0 Å². The van der Waals surface area contributed by atoms with E-state index in [1.165, 1.54) is 21.9 Å². The first-order valence-corrected chi connectivity index (χ1v) is 6.65. The van der Waals surface area contributed by atoms with Gasteiger partial charge >= 0.3 is 0 Å². The van der Waals surface area contributed by atoms with E-state index in [1.807, 2.05) is 0 Å². The monoisotopic (exact) mass is 274 g/mol. The highest BCUT2D eigenvalue weighted by molar-refractivity contribution is 9.09. The highest BCUT2D eigenvalue weighted by Gasteiger charge is 1.97. The van der Waals surface area contributed by atoms with Gasteiger partial charge in [-0.25, -0.2) is 0 Å². The Morgan fingerprint density at radius 1 is 1.12 bits per heavy atom. The van der Waals surface area contributed by atoms with Crippen molar-refractivity contribution in [2.45, 2.75) is 13.3 Å². The molecule has 0 atom stereocenters. The fourth-order valence-electron chi connectivity index (χ4n) is 1.82. The molecule has 2 aromatic rings. The summed E-state index contributed by atoms with van der Waals surface area (Å²) in [5, 5.41) is 3.64. The Balaban J connectivity index is 2.39. The number of fused-ring (bicyclic) bond motifs is 1. The predicted octanol–water partition coefficient (Wildman–Crippen LogP) is 5.03. The second-order valence-corrected chi connectivity index (χ2v) is 4.72. The van der Waals surface area contributed by atoms with Crippen molar-refractivity contribution in [3.8, 4) is 0 Å². The van der Waals surface area contributed by atoms with E-state index in [-0.39, 0.29) is 0 Å². The van der Waals surface area contributed by atoms with Crippen LogP contribution in [-0.4, -0.2) is 5.33 Å². The SMILES string of the molecule is CC(=CCCBr)c1ccc2ccccc2c1. The minimum absolute atomic E-state index is 1.03. The lowest BCUT2D eigenvalue weighted by Crippen LogP contribution is -1.81. The van der Waals surface area contributed by atoms with Gasteiger partial charge in [0.15, 0.2) is 0 Å². The molecule has 0 unspecified atom stereocenters. The summed E-state index contributed by atoms with van der Waals surface area (Å²) in [6.07, 6.45) is 3.36. The van der Waals surface area contributed by atoms with Crippen molar-refractivity contribution in [1.29, 1.82) is 0 Å². The van der Waals surface area contributed by atoms with Gasteiger partial charge in [-0.3, -0.25) is 0 Å². The summed E-state index contributed by atoms with van der Waals surface area (Å²) in [4.78, 5) is 0. The third kappa shape index (κ3) is 2.53. The maximum Gasteiger partial charge on any atom is 0.00661 e. The molecule has 0 aliphatic carbocycles. The zero-order valence-corrected chi connectivity index (χ0v) is 11.0. The Morgan fingerprint density at radius 3 is 2.62 bits per heavy atom. The lowest BCUT2D eigenvalue weighted by atomic mass is 10.0. The number of rotatable bonds is 3. The molecule has 0 N–H and O–H groups in total. The van der Waals surface area contributed by atoms with Crippen LogP contribution >= 0.6 is 15.9 Å². The third-order valence-electron chi connectivity index (χ3n) is 2.76. The van der Waals surface area contributed by atoms with Gasteiger partial charge < -0.3 is 0 Å². The van der Waals surface area contributed by atoms with Crippen LogP contribution in [0.1, 0.15) is 18.9 Å². The van der Waals surface area contributed by atoms with E-state index >= 15 is 0 Å². The van der Waals surface area contributed by atoms with Crippen LogP contribution in [0.25, 0.3) is 16.3 Å². The van der Waals surface area contributed by atoms with E-state index in [4.69, 9.17) is 0 Å². The molecule has 0 spiro atoms. The zero-order chi connectivity index (χ0) is 11.4. The molecule has 82 valence electrons. The van der Waals surface area contributed by atoms with Crippen LogP contribution in [0.2, 0.25) is 0 Å². The van der Waals surface area contributed by atoms with Gasteiger partial charge in [-0.15, -0.1) is 0 Å². The number of benzene rings is 2. The molecule has 16 heavy (non-hydrogen) atoms. The molecule has 2 aromatic carbocycles. The lowest BCUT2D eigenvalue weighted by Gasteiger charge is -2.04. The molecule has 0 amide bonds. The van der Waals surface area contributed by atoms with E-state index in [0.717, 1.165) is 11.8 Å². The Labute approximate surface area is 105 Å². The molecule has 0 bridgehead atoms. The molecule has 0 heterocycles. The third-order valence-corrected chi connectivity index (χ3v) is 3.22. The average molecular weight is 275 g/mol. The molecule has 0 fully saturated rings. The summed E-state index contributed by atoms with van der Waals surface area (Å²) in [7, 11) is 0. The van der Waals surface area contributed by atoms with Crippen molar-refractivity contribution >= 4 is 32.3 Å². The Bertz CT molecular complexity index is 512. The van der Waals surface area contributed by atoms with Crippen LogP contribution in [0, 0.1) is 0 Å². The number of allylic oxidation sites excluding steroid dienone is 2. The molecule has 0 saturated heterocycles. The predicted molar refractivity (Wildman–Crippen MR) is 76.0 cm³/mol. The van der Waals surface area contributed by atoms with Gasteiger partial charge in [-0.2, -0.15) is 0 Å². The van der Waals surface area contributed by atoms with Gasteiger partial charge in [0.05, 0.1) is 0 Å². The second-order valence-electron chi connectivity index (χ2n) is 3.93. The van der Waals surface area contributed by atoms with E-state index in [0.29, 0.717) is 0 Å². The first kappa shape index (κ1) is 11.4. The fourth-order valence-corrected chi connectivity index (χ4v) is 2.05. The van der Waals surface area contributed by atoms with Crippen molar-refractivity contribution in [2.75, 3.05) is 5.33 Å². The number of hydrogen-bond acceptors (Lipinski definition) is 0. The van der Waals surface area contributed by atoms with Crippen molar-refractivity contribution in [3.05, 3.63) is 54.1 Å². The molecular formula is C15H15Br. The Morgan fingerprint density at radius 2 is 1.88 bits per heavy atom. The van der Waals surface area contributed by atoms with Gasteiger partial charge in [0.1, 0.15) is 0 Å². The first-order chi connectivity index (χ1) is 7.81. The van der Waals surface area contributed by atoms with Gasteiger partial charge in [-0.1, -0.05) is 58.4 Å². The summed E-state index contributed by atoms with van der Waals surface area (Å²) in [5.74, 6) is 0. The highest BCUT2D eigenvalue weighted by Crippen LogP contribution is 2.21. The van der Waals surface area contributed by atoms with Crippen LogP contribution < -0.4 is 0 Å². The van der Waals surface area contributed by atoms with Gasteiger partial charge in [0, 0.05) is 5.33 Å². The smallest absolute Gasteiger partial charge is 0.00661 e. The van der Waals surface area contributed by atoms with E-state index in [9.17, 15) is 0 Å². The highest BCUT2D eigenvalue weighted by atomic mass is 79.9. The van der Waals surface area contributed by atoms with E-state index < -0.39 is 0 Å². The number of halogens is 1. The molecule has 2 rings (SSSR count). The topological polar surface area (TPSA) is 0 Å². The Kier molecular flexibility index (Phi) is 3.79. The minimum atomic E-state index is 1.03. The van der Waals surface area contributed by atoms with Crippen LogP contribution in [0.15, 0.2) is 48.5 Å². The van der Waals surface area contributed by atoms with Crippen LogP contribution in [0.4, 0.5) is 0 Å². The lowest BCUT2D eigenvalue weighted by molar-refractivity contribution is 1.26. The number of alkyl halides is 1. The van der Waals surface area contributed by atoms with Crippen molar-refractivity contribution in [1.82, 2.24) is 0 Å². The van der Waals surface area contributed by atoms with Crippen molar-refractivity contribution in [3.63, 3.8) is 0 Å². The summed E-state index contributed by atoms with van der Waals surface area (Å²) in [6.45, 7) is 2.17. The van der Waals surface area contributed by atoms with Crippen molar-refractivity contribution in [2.24, 2.45) is 0 Å². The minimum Gasteiger partial charge on any atom is -0.0925 e. The summed E-state index contributed by atoms with van der Waals surface area (Å²) in [6, 6.07) is 15.1. The summed E-state index contributed by atoms with van der Waals surface area (Å²) >= 11 is 3.45. The molecule has 0 nitrogen and oxygen atoms in total. The quantitative estimate of drug-likeness (QED) is 0.689. The molecule has 0 aliphatic heterocycles. The maximum atomic E-state index is 3.45. The molecular weight excluding hydrogens is 260 g/mol. The standard InChI is InChI=1S/C15H15Br/c1-12(5-4-10-16)14-9-8-13-6-2-3-7-15(13)11-14/h2-3,5-9,11H,4,10H2,1H3. The average Bonchev–Trinajstić information content (AvgIpc) is 2.35. The zero-order valence-electron chi connectivity index (χ0n) is 9.41. The molecule has 0 aliphatic rings. The first-order valence-electron chi connectivity index (χ1n) is 5.53. The van der Waals surface area contributed by atoms with Crippen molar-refractivity contribution < 1.29 is 0 Å². The van der Waals surface area contributed by atoms with Gasteiger partial charge in [0.25, 0.3) is 0 Å².